The maximum atomic E-state index is 11.1. The van der Waals surface area contributed by atoms with Gasteiger partial charge < -0.3 is 10.0 Å². The van der Waals surface area contributed by atoms with Gasteiger partial charge in [-0.3, -0.25) is 9.69 Å². The van der Waals surface area contributed by atoms with Crippen LogP contribution in [-0.2, 0) is 11.2 Å². The summed E-state index contributed by atoms with van der Waals surface area (Å²) in [6, 6.07) is 4.27. The van der Waals surface area contributed by atoms with Crippen molar-refractivity contribution in [2.75, 3.05) is 33.2 Å². The summed E-state index contributed by atoms with van der Waals surface area (Å²) in [4.78, 5) is 18.3. The molecular formula is C14H22N2O2S. The van der Waals surface area contributed by atoms with E-state index < -0.39 is 5.97 Å². The van der Waals surface area contributed by atoms with Crippen LogP contribution in [0, 0.1) is 0 Å². The Hall–Kier alpha value is -0.910. The minimum absolute atomic E-state index is 0.0384. The van der Waals surface area contributed by atoms with Gasteiger partial charge in [-0.2, -0.15) is 0 Å². The first-order chi connectivity index (χ1) is 9.10. The van der Waals surface area contributed by atoms with Crippen molar-refractivity contribution >= 4 is 17.3 Å². The van der Waals surface area contributed by atoms with Crippen LogP contribution in [0.2, 0.25) is 0 Å². The summed E-state index contributed by atoms with van der Waals surface area (Å²) in [6.07, 6.45) is 1.22. The molecule has 0 saturated carbocycles. The number of thiophene rings is 1. The number of rotatable bonds is 5. The second-order valence-corrected chi connectivity index (χ2v) is 6.31. The Kier molecular flexibility index (Phi) is 4.96. The minimum atomic E-state index is -0.713. The molecule has 1 atom stereocenters. The summed E-state index contributed by atoms with van der Waals surface area (Å²) in [5, 5.41) is 9.16. The quantitative estimate of drug-likeness (QED) is 0.898. The van der Waals surface area contributed by atoms with Gasteiger partial charge in [0.1, 0.15) is 0 Å². The molecule has 0 spiro atoms. The third-order valence-corrected chi connectivity index (χ3v) is 5.04. The van der Waals surface area contributed by atoms with Crippen LogP contribution < -0.4 is 0 Å². The second kappa shape index (κ2) is 6.50. The molecule has 1 unspecified atom stereocenters. The zero-order chi connectivity index (χ0) is 13.8. The zero-order valence-corrected chi connectivity index (χ0v) is 12.4. The Morgan fingerprint density at radius 3 is 2.58 bits per heavy atom. The molecule has 4 nitrogen and oxygen atoms in total. The lowest BCUT2D eigenvalue weighted by Gasteiger charge is -2.37. The maximum absolute atomic E-state index is 11.1. The van der Waals surface area contributed by atoms with Crippen LogP contribution in [0.15, 0.2) is 12.1 Å². The summed E-state index contributed by atoms with van der Waals surface area (Å²) < 4.78 is 0. The van der Waals surface area contributed by atoms with Gasteiger partial charge in [-0.15, -0.1) is 11.3 Å². The highest BCUT2D eigenvalue weighted by molar-refractivity contribution is 7.12. The standard InChI is InChI=1S/C14H22N2O2S/c1-3-11-4-5-13(19-11)12(10-14(17)18)16-8-6-15(2)7-9-16/h4-5,12H,3,6-10H2,1-2H3,(H,17,18). The van der Waals surface area contributed by atoms with Gasteiger partial charge in [-0.1, -0.05) is 6.92 Å². The molecule has 19 heavy (non-hydrogen) atoms. The number of carboxylic acids is 1. The van der Waals surface area contributed by atoms with Crippen LogP contribution in [0.3, 0.4) is 0 Å². The predicted molar refractivity (Wildman–Crippen MR) is 77.8 cm³/mol. The summed E-state index contributed by atoms with van der Waals surface area (Å²) >= 11 is 1.76. The Balaban J connectivity index is 2.13. The number of piperazine rings is 1. The number of aryl methyl sites for hydroxylation is 1. The average molecular weight is 282 g/mol. The van der Waals surface area contributed by atoms with E-state index in [9.17, 15) is 4.79 Å². The van der Waals surface area contributed by atoms with Crippen LogP contribution >= 0.6 is 11.3 Å². The highest BCUT2D eigenvalue weighted by Gasteiger charge is 2.26. The smallest absolute Gasteiger partial charge is 0.305 e. The first-order valence-electron chi connectivity index (χ1n) is 6.83. The SMILES string of the molecule is CCc1ccc(C(CC(=O)O)N2CCN(C)CC2)s1. The van der Waals surface area contributed by atoms with Crippen molar-refractivity contribution in [3.05, 3.63) is 21.9 Å². The molecule has 1 aromatic heterocycles. The lowest BCUT2D eigenvalue weighted by atomic mass is 10.1. The van der Waals surface area contributed by atoms with Gasteiger partial charge in [0.05, 0.1) is 12.5 Å². The first-order valence-corrected chi connectivity index (χ1v) is 7.64. The van der Waals surface area contributed by atoms with Gasteiger partial charge in [0, 0.05) is 35.9 Å². The van der Waals surface area contributed by atoms with Gasteiger partial charge in [0.2, 0.25) is 0 Å². The van der Waals surface area contributed by atoms with Crippen molar-refractivity contribution in [1.29, 1.82) is 0 Å². The van der Waals surface area contributed by atoms with Crippen molar-refractivity contribution < 1.29 is 9.90 Å². The third-order valence-electron chi connectivity index (χ3n) is 3.71. The van der Waals surface area contributed by atoms with E-state index in [4.69, 9.17) is 5.11 Å². The molecule has 5 heteroatoms. The van der Waals surface area contributed by atoms with Crippen LogP contribution in [-0.4, -0.2) is 54.1 Å². The summed E-state index contributed by atoms with van der Waals surface area (Å²) in [5.41, 5.74) is 0. The van der Waals surface area contributed by atoms with E-state index in [1.54, 1.807) is 11.3 Å². The molecule has 0 radical (unpaired) electrons. The molecule has 0 bridgehead atoms. The fraction of sp³-hybridized carbons (Fsp3) is 0.643. The van der Waals surface area contributed by atoms with E-state index in [-0.39, 0.29) is 12.5 Å². The Morgan fingerprint density at radius 1 is 1.37 bits per heavy atom. The van der Waals surface area contributed by atoms with Crippen LogP contribution in [0.4, 0.5) is 0 Å². The molecule has 2 heterocycles. The molecule has 1 fully saturated rings. The Labute approximate surface area is 118 Å². The number of likely N-dealkylation sites (N-methyl/N-ethyl adjacent to an activating group) is 1. The van der Waals surface area contributed by atoms with E-state index >= 15 is 0 Å². The second-order valence-electron chi connectivity index (χ2n) is 5.11. The largest absolute Gasteiger partial charge is 0.481 e. The topological polar surface area (TPSA) is 43.8 Å². The monoisotopic (exact) mass is 282 g/mol. The lowest BCUT2D eigenvalue weighted by molar-refractivity contribution is -0.138. The molecule has 1 aliphatic heterocycles. The summed E-state index contributed by atoms with van der Waals surface area (Å²) in [6.45, 7) is 6.07. The number of carbonyl (C=O) groups is 1. The maximum Gasteiger partial charge on any atom is 0.305 e. The minimum Gasteiger partial charge on any atom is -0.481 e. The van der Waals surface area contributed by atoms with E-state index in [0.29, 0.717) is 0 Å². The van der Waals surface area contributed by atoms with Crippen molar-refractivity contribution in [1.82, 2.24) is 9.80 Å². The van der Waals surface area contributed by atoms with E-state index in [2.05, 4.69) is 35.9 Å². The van der Waals surface area contributed by atoms with Gasteiger partial charge in [0.15, 0.2) is 0 Å². The van der Waals surface area contributed by atoms with Crippen LogP contribution in [0.25, 0.3) is 0 Å². The molecule has 1 saturated heterocycles. The predicted octanol–water partition coefficient (Wildman–Crippen LogP) is 2.07. The fourth-order valence-corrected chi connectivity index (χ4v) is 3.56. The van der Waals surface area contributed by atoms with Crippen molar-refractivity contribution in [2.45, 2.75) is 25.8 Å². The molecule has 0 amide bonds. The number of hydrogen-bond donors (Lipinski definition) is 1. The van der Waals surface area contributed by atoms with E-state index in [1.807, 2.05) is 0 Å². The number of aliphatic carboxylic acids is 1. The third kappa shape index (κ3) is 3.78. The Bertz CT molecular complexity index is 425. The van der Waals surface area contributed by atoms with Crippen LogP contribution in [0.1, 0.15) is 29.1 Å². The molecule has 0 aliphatic carbocycles. The van der Waals surface area contributed by atoms with Gasteiger partial charge in [-0.25, -0.2) is 0 Å². The molecule has 1 aliphatic rings. The molecule has 2 rings (SSSR count). The Morgan fingerprint density at radius 2 is 2.05 bits per heavy atom. The number of carboxylic acid groups (broad SMARTS) is 1. The van der Waals surface area contributed by atoms with Crippen molar-refractivity contribution in [2.24, 2.45) is 0 Å². The molecular weight excluding hydrogens is 260 g/mol. The van der Waals surface area contributed by atoms with Crippen molar-refractivity contribution in [3.63, 3.8) is 0 Å². The van der Waals surface area contributed by atoms with Gasteiger partial charge >= 0.3 is 5.97 Å². The lowest BCUT2D eigenvalue weighted by Crippen LogP contribution is -2.46. The van der Waals surface area contributed by atoms with Crippen LogP contribution in [0.5, 0.6) is 0 Å². The molecule has 0 aromatic carbocycles. The van der Waals surface area contributed by atoms with Gasteiger partial charge in [0.25, 0.3) is 0 Å². The number of nitrogens with zero attached hydrogens (tertiary/aromatic N) is 2. The fourth-order valence-electron chi connectivity index (χ4n) is 2.47. The highest BCUT2D eigenvalue weighted by atomic mass is 32.1. The highest BCUT2D eigenvalue weighted by Crippen LogP contribution is 2.31. The number of hydrogen-bond acceptors (Lipinski definition) is 4. The zero-order valence-electron chi connectivity index (χ0n) is 11.6. The average Bonchev–Trinajstić information content (AvgIpc) is 2.85. The first kappa shape index (κ1) is 14.5. The van der Waals surface area contributed by atoms with Crippen molar-refractivity contribution in [3.8, 4) is 0 Å². The van der Waals surface area contributed by atoms with E-state index in [1.165, 1.54) is 9.75 Å². The summed E-state index contributed by atoms with van der Waals surface area (Å²) in [7, 11) is 2.11. The normalized spacial score (nSPS) is 19.5. The molecule has 106 valence electrons. The summed E-state index contributed by atoms with van der Waals surface area (Å²) in [5.74, 6) is -0.713. The van der Waals surface area contributed by atoms with Gasteiger partial charge in [-0.05, 0) is 25.6 Å². The molecule has 1 N–H and O–H groups in total. The molecule has 1 aromatic rings. The van der Waals surface area contributed by atoms with E-state index in [0.717, 1.165) is 32.6 Å².